The Kier molecular flexibility index (Phi) is 7.03. The highest BCUT2D eigenvalue weighted by atomic mass is 32.1. The number of anilines is 3. The molecule has 1 heterocycles. The van der Waals surface area contributed by atoms with E-state index in [0.717, 1.165) is 52.8 Å². The highest BCUT2D eigenvalue weighted by molar-refractivity contribution is 7.14. The van der Waals surface area contributed by atoms with Crippen molar-refractivity contribution in [2.45, 2.75) is 32.6 Å². The molecule has 2 aromatic carbocycles. The van der Waals surface area contributed by atoms with Gasteiger partial charge in [0.15, 0.2) is 5.13 Å². The molecule has 5 nitrogen and oxygen atoms in total. The third-order valence-corrected chi connectivity index (χ3v) is 5.06. The number of carbonyl (C=O) groups is 1. The molecule has 28 heavy (non-hydrogen) atoms. The second kappa shape index (κ2) is 9.90. The van der Waals surface area contributed by atoms with Crippen LogP contribution in [0.1, 0.15) is 32.6 Å². The monoisotopic (exact) mass is 395 g/mol. The van der Waals surface area contributed by atoms with Gasteiger partial charge >= 0.3 is 0 Å². The summed E-state index contributed by atoms with van der Waals surface area (Å²) in [7, 11) is 1.65. The number of methoxy groups -OCH3 is 1. The Labute approximate surface area is 169 Å². The Bertz CT molecular complexity index is 923. The van der Waals surface area contributed by atoms with Gasteiger partial charge in [-0.05, 0) is 30.7 Å². The van der Waals surface area contributed by atoms with Crippen molar-refractivity contribution < 1.29 is 9.53 Å². The number of unbranched alkanes of at least 4 members (excludes halogenated alkanes) is 2. The lowest BCUT2D eigenvalue weighted by Gasteiger charge is -2.08. The van der Waals surface area contributed by atoms with E-state index in [4.69, 9.17) is 4.74 Å². The first-order valence-corrected chi connectivity index (χ1v) is 10.3. The number of hydrogen-bond donors (Lipinski definition) is 2. The van der Waals surface area contributed by atoms with E-state index in [2.05, 4.69) is 22.5 Å². The van der Waals surface area contributed by atoms with Crippen molar-refractivity contribution in [2.24, 2.45) is 0 Å². The van der Waals surface area contributed by atoms with E-state index in [1.54, 1.807) is 7.11 Å². The average Bonchev–Trinajstić information content (AvgIpc) is 3.17. The standard InChI is InChI=1S/C22H25N3O2S/c1-3-4-5-13-21(26)23-17-10-8-9-16(14-17)19-15-28-22(25-19)24-18-11-6-7-12-20(18)27-2/h6-12,14-15H,3-5,13H2,1-2H3,(H,23,26)(H,24,25). The summed E-state index contributed by atoms with van der Waals surface area (Å²) in [5.41, 5.74) is 3.50. The van der Waals surface area contributed by atoms with Crippen LogP contribution in [0.25, 0.3) is 11.3 Å². The minimum atomic E-state index is 0.0578. The summed E-state index contributed by atoms with van der Waals surface area (Å²) in [6.45, 7) is 2.13. The van der Waals surface area contributed by atoms with E-state index in [1.807, 2.05) is 53.9 Å². The first-order valence-electron chi connectivity index (χ1n) is 9.45. The molecular formula is C22H25N3O2S. The molecule has 2 N–H and O–H groups in total. The Morgan fingerprint density at radius 2 is 2.00 bits per heavy atom. The van der Waals surface area contributed by atoms with Crippen LogP contribution in [0.4, 0.5) is 16.5 Å². The number of thiazole rings is 1. The number of rotatable bonds is 9. The molecule has 0 aliphatic heterocycles. The van der Waals surface area contributed by atoms with Gasteiger partial charge in [0.25, 0.3) is 0 Å². The molecule has 0 unspecified atom stereocenters. The van der Waals surface area contributed by atoms with Crippen molar-refractivity contribution in [1.82, 2.24) is 4.98 Å². The molecule has 6 heteroatoms. The van der Waals surface area contributed by atoms with E-state index in [0.29, 0.717) is 6.42 Å². The van der Waals surface area contributed by atoms with Crippen molar-refractivity contribution >= 4 is 33.8 Å². The Morgan fingerprint density at radius 1 is 1.14 bits per heavy atom. The molecule has 0 atom stereocenters. The van der Waals surface area contributed by atoms with Crippen LogP contribution in [0.15, 0.2) is 53.9 Å². The maximum absolute atomic E-state index is 12.1. The second-order valence-electron chi connectivity index (χ2n) is 6.45. The molecule has 0 bridgehead atoms. The number of amides is 1. The molecule has 0 spiro atoms. The van der Waals surface area contributed by atoms with Gasteiger partial charge in [-0.3, -0.25) is 4.79 Å². The molecule has 1 aromatic heterocycles. The maximum Gasteiger partial charge on any atom is 0.224 e. The molecule has 146 valence electrons. The summed E-state index contributed by atoms with van der Waals surface area (Å²) in [5.74, 6) is 0.828. The summed E-state index contributed by atoms with van der Waals surface area (Å²) in [6.07, 6.45) is 3.67. The number of aromatic nitrogens is 1. The number of ether oxygens (including phenoxy) is 1. The van der Waals surface area contributed by atoms with Gasteiger partial charge in [-0.25, -0.2) is 4.98 Å². The van der Waals surface area contributed by atoms with Crippen LogP contribution >= 0.6 is 11.3 Å². The number of nitrogens with zero attached hydrogens (tertiary/aromatic N) is 1. The van der Waals surface area contributed by atoms with E-state index in [9.17, 15) is 4.79 Å². The molecule has 3 rings (SSSR count). The zero-order chi connectivity index (χ0) is 19.8. The normalized spacial score (nSPS) is 10.5. The van der Waals surface area contributed by atoms with Crippen molar-refractivity contribution in [1.29, 1.82) is 0 Å². The lowest BCUT2D eigenvalue weighted by atomic mass is 10.1. The zero-order valence-corrected chi connectivity index (χ0v) is 17.0. The largest absolute Gasteiger partial charge is 0.495 e. The number of para-hydroxylation sites is 2. The molecule has 1 amide bonds. The van der Waals surface area contributed by atoms with Crippen molar-refractivity contribution in [3.05, 3.63) is 53.9 Å². The first-order chi connectivity index (χ1) is 13.7. The van der Waals surface area contributed by atoms with Gasteiger partial charge in [-0.2, -0.15) is 0 Å². The van der Waals surface area contributed by atoms with Crippen molar-refractivity contribution in [2.75, 3.05) is 17.7 Å². The number of benzene rings is 2. The predicted molar refractivity (Wildman–Crippen MR) is 117 cm³/mol. The summed E-state index contributed by atoms with van der Waals surface area (Å²) in [6, 6.07) is 15.5. The fourth-order valence-corrected chi connectivity index (χ4v) is 3.57. The van der Waals surface area contributed by atoms with Crippen LogP contribution in [0.5, 0.6) is 5.75 Å². The van der Waals surface area contributed by atoms with Crippen LogP contribution in [-0.4, -0.2) is 18.0 Å². The van der Waals surface area contributed by atoms with Gasteiger partial charge in [-0.1, -0.05) is 44.0 Å². The lowest BCUT2D eigenvalue weighted by Crippen LogP contribution is -2.10. The number of carbonyl (C=O) groups excluding carboxylic acids is 1. The van der Waals surface area contributed by atoms with Gasteiger partial charge in [0.05, 0.1) is 18.5 Å². The Morgan fingerprint density at radius 3 is 2.82 bits per heavy atom. The van der Waals surface area contributed by atoms with E-state index in [-0.39, 0.29) is 5.91 Å². The zero-order valence-electron chi connectivity index (χ0n) is 16.2. The highest BCUT2D eigenvalue weighted by Gasteiger charge is 2.09. The first kappa shape index (κ1) is 19.9. The summed E-state index contributed by atoms with van der Waals surface area (Å²) in [4.78, 5) is 16.7. The molecule has 0 aliphatic carbocycles. The molecule has 0 radical (unpaired) electrons. The summed E-state index contributed by atoms with van der Waals surface area (Å²) in [5, 5.41) is 9.06. The minimum Gasteiger partial charge on any atom is -0.495 e. The van der Waals surface area contributed by atoms with E-state index in [1.165, 1.54) is 11.3 Å². The molecular weight excluding hydrogens is 370 g/mol. The minimum absolute atomic E-state index is 0.0578. The van der Waals surface area contributed by atoms with Gasteiger partial charge in [0.1, 0.15) is 5.75 Å². The predicted octanol–water partition coefficient (Wildman–Crippen LogP) is 6.08. The smallest absolute Gasteiger partial charge is 0.224 e. The van der Waals surface area contributed by atoms with Gasteiger partial charge in [-0.15, -0.1) is 11.3 Å². The fraction of sp³-hybridized carbons (Fsp3) is 0.273. The molecule has 0 aliphatic rings. The third-order valence-electron chi connectivity index (χ3n) is 4.30. The highest BCUT2D eigenvalue weighted by Crippen LogP contribution is 2.31. The number of nitrogens with one attached hydrogen (secondary N) is 2. The van der Waals surface area contributed by atoms with Crippen LogP contribution < -0.4 is 15.4 Å². The van der Waals surface area contributed by atoms with Crippen LogP contribution in [0.3, 0.4) is 0 Å². The number of hydrogen-bond acceptors (Lipinski definition) is 5. The van der Waals surface area contributed by atoms with Crippen LogP contribution in [-0.2, 0) is 4.79 Å². The van der Waals surface area contributed by atoms with Crippen molar-refractivity contribution in [3.8, 4) is 17.0 Å². The third kappa shape index (κ3) is 5.33. The maximum atomic E-state index is 12.1. The molecule has 0 fully saturated rings. The Hall–Kier alpha value is -2.86. The molecule has 0 saturated carbocycles. The van der Waals surface area contributed by atoms with Crippen LogP contribution in [0, 0.1) is 0 Å². The topological polar surface area (TPSA) is 63.2 Å². The second-order valence-corrected chi connectivity index (χ2v) is 7.31. The van der Waals surface area contributed by atoms with Crippen molar-refractivity contribution in [3.63, 3.8) is 0 Å². The average molecular weight is 396 g/mol. The summed E-state index contributed by atoms with van der Waals surface area (Å²) >= 11 is 1.53. The van der Waals surface area contributed by atoms with Gasteiger partial charge < -0.3 is 15.4 Å². The van der Waals surface area contributed by atoms with E-state index >= 15 is 0 Å². The quantitative estimate of drug-likeness (QED) is 0.431. The Balaban J connectivity index is 1.68. The SMILES string of the molecule is CCCCCC(=O)Nc1cccc(-c2csc(Nc3ccccc3OC)n2)c1. The summed E-state index contributed by atoms with van der Waals surface area (Å²) < 4.78 is 5.37. The van der Waals surface area contributed by atoms with Gasteiger partial charge in [0, 0.05) is 23.1 Å². The van der Waals surface area contributed by atoms with Gasteiger partial charge in [0.2, 0.25) is 5.91 Å². The lowest BCUT2D eigenvalue weighted by molar-refractivity contribution is -0.116. The fourth-order valence-electron chi connectivity index (χ4n) is 2.84. The molecule has 3 aromatic rings. The van der Waals surface area contributed by atoms with E-state index < -0.39 is 0 Å². The molecule has 0 saturated heterocycles. The van der Waals surface area contributed by atoms with Crippen LogP contribution in [0.2, 0.25) is 0 Å².